The summed E-state index contributed by atoms with van der Waals surface area (Å²) < 4.78 is 15.4. The number of aromatic nitrogens is 2. The van der Waals surface area contributed by atoms with Crippen molar-refractivity contribution < 1.29 is 18.8 Å². The number of aryl methyl sites for hydroxylation is 1. The average molecular weight is 490 g/mol. The van der Waals surface area contributed by atoms with Gasteiger partial charge in [-0.3, -0.25) is 19.1 Å². The van der Waals surface area contributed by atoms with Crippen LogP contribution >= 0.6 is 0 Å². The van der Waals surface area contributed by atoms with E-state index in [1.54, 1.807) is 27.6 Å². The predicted molar refractivity (Wildman–Crippen MR) is 132 cm³/mol. The lowest BCUT2D eigenvalue weighted by Gasteiger charge is -2.32. The lowest BCUT2D eigenvalue weighted by molar-refractivity contribution is -0.121. The first-order chi connectivity index (χ1) is 17.4. The standard InChI is InChI=1S/C27H28FN5O3/c1-31-23-12-14-33(26(35)18-7-5-9-20(28)15-18)17-22(23)24(30-31)27(36)32-13-6-8-19(16-32)25(34)29-21-10-3-2-4-11-21/h2-5,7,9-11,15,19H,6,8,12-14,16-17H2,1H3,(H,29,34)/t19-/m1/s1. The number of likely N-dealkylation sites (tertiary alicyclic amines) is 1. The summed E-state index contributed by atoms with van der Waals surface area (Å²) in [6.07, 6.45) is 1.98. The molecule has 0 radical (unpaired) electrons. The summed E-state index contributed by atoms with van der Waals surface area (Å²) in [5.74, 6) is -1.39. The van der Waals surface area contributed by atoms with Crippen LogP contribution in [0.2, 0.25) is 0 Å². The van der Waals surface area contributed by atoms with E-state index in [2.05, 4.69) is 10.4 Å². The van der Waals surface area contributed by atoms with Gasteiger partial charge in [0, 0.05) is 55.6 Å². The maximum absolute atomic E-state index is 13.7. The van der Waals surface area contributed by atoms with E-state index in [1.165, 1.54) is 18.2 Å². The number of rotatable bonds is 4. The number of halogens is 1. The van der Waals surface area contributed by atoms with E-state index in [4.69, 9.17) is 0 Å². The Labute approximate surface area is 208 Å². The average Bonchev–Trinajstić information content (AvgIpc) is 3.24. The third-order valence-corrected chi connectivity index (χ3v) is 6.92. The molecule has 3 heterocycles. The highest BCUT2D eigenvalue weighted by Crippen LogP contribution is 2.27. The van der Waals surface area contributed by atoms with Gasteiger partial charge in [-0.2, -0.15) is 5.10 Å². The number of hydrogen-bond donors (Lipinski definition) is 1. The van der Waals surface area contributed by atoms with Crippen LogP contribution in [-0.4, -0.2) is 56.9 Å². The van der Waals surface area contributed by atoms with Gasteiger partial charge in [-0.15, -0.1) is 0 Å². The van der Waals surface area contributed by atoms with Crippen molar-refractivity contribution in [1.29, 1.82) is 0 Å². The molecular formula is C27H28FN5O3. The molecule has 2 aliphatic rings. The molecule has 0 aliphatic carbocycles. The van der Waals surface area contributed by atoms with Gasteiger partial charge in [0.25, 0.3) is 11.8 Å². The van der Waals surface area contributed by atoms with Crippen LogP contribution in [0.25, 0.3) is 0 Å². The first kappa shape index (κ1) is 23.7. The Balaban J connectivity index is 1.31. The van der Waals surface area contributed by atoms with Crippen molar-refractivity contribution in [2.24, 2.45) is 13.0 Å². The molecule has 9 heteroatoms. The minimum atomic E-state index is -0.466. The summed E-state index contributed by atoms with van der Waals surface area (Å²) in [4.78, 5) is 42.7. The number of hydrogen-bond acceptors (Lipinski definition) is 4. The van der Waals surface area contributed by atoms with E-state index in [0.717, 1.165) is 23.4 Å². The van der Waals surface area contributed by atoms with Crippen molar-refractivity contribution in [1.82, 2.24) is 19.6 Å². The van der Waals surface area contributed by atoms with Gasteiger partial charge in [-0.1, -0.05) is 24.3 Å². The molecule has 3 aromatic rings. The molecule has 1 saturated heterocycles. The van der Waals surface area contributed by atoms with E-state index >= 15 is 0 Å². The summed E-state index contributed by atoms with van der Waals surface area (Å²) in [5.41, 5.74) is 2.95. The van der Waals surface area contributed by atoms with E-state index in [-0.39, 0.29) is 35.7 Å². The molecule has 1 N–H and O–H groups in total. The zero-order valence-corrected chi connectivity index (χ0v) is 20.1. The van der Waals surface area contributed by atoms with Gasteiger partial charge in [-0.05, 0) is 43.2 Å². The van der Waals surface area contributed by atoms with Gasteiger partial charge < -0.3 is 15.1 Å². The fourth-order valence-corrected chi connectivity index (χ4v) is 5.03. The first-order valence-electron chi connectivity index (χ1n) is 12.2. The number of piperidine rings is 1. The molecule has 2 aromatic carbocycles. The normalized spacial score (nSPS) is 17.4. The SMILES string of the molecule is Cn1nc(C(=O)N2CCC[C@@H](C(=O)Nc3ccccc3)C2)c2c1CCN(C(=O)c1cccc(F)c1)C2. The van der Waals surface area contributed by atoms with Crippen molar-refractivity contribution in [3.8, 4) is 0 Å². The quantitative estimate of drug-likeness (QED) is 0.610. The highest BCUT2D eigenvalue weighted by Gasteiger charge is 2.34. The Morgan fingerprint density at radius 3 is 2.58 bits per heavy atom. The third-order valence-electron chi connectivity index (χ3n) is 6.92. The summed E-state index contributed by atoms with van der Waals surface area (Å²) in [6, 6.07) is 14.9. The maximum Gasteiger partial charge on any atom is 0.274 e. The molecule has 0 bridgehead atoms. The van der Waals surface area contributed by atoms with Crippen LogP contribution in [0.1, 0.15) is 44.9 Å². The van der Waals surface area contributed by atoms with Crippen molar-refractivity contribution in [2.45, 2.75) is 25.8 Å². The lowest BCUT2D eigenvalue weighted by Crippen LogP contribution is -2.44. The second-order valence-corrected chi connectivity index (χ2v) is 9.33. The fourth-order valence-electron chi connectivity index (χ4n) is 5.03. The topological polar surface area (TPSA) is 87.5 Å². The number of carbonyl (C=O) groups excluding carboxylic acids is 3. The van der Waals surface area contributed by atoms with Crippen LogP contribution in [0.3, 0.4) is 0 Å². The van der Waals surface area contributed by atoms with Crippen molar-refractivity contribution >= 4 is 23.4 Å². The van der Waals surface area contributed by atoms with Crippen LogP contribution in [0, 0.1) is 11.7 Å². The summed E-state index contributed by atoms with van der Waals surface area (Å²) in [6.45, 7) is 1.55. The summed E-state index contributed by atoms with van der Waals surface area (Å²) in [7, 11) is 1.80. The molecule has 3 amide bonds. The van der Waals surface area contributed by atoms with Crippen molar-refractivity contribution in [3.05, 3.63) is 82.9 Å². The van der Waals surface area contributed by atoms with E-state index in [9.17, 15) is 18.8 Å². The maximum atomic E-state index is 13.7. The molecule has 8 nitrogen and oxygen atoms in total. The third kappa shape index (κ3) is 4.73. The summed E-state index contributed by atoms with van der Waals surface area (Å²) >= 11 is 0. The molecule has 2 aliphatic heterocycles. The Morgan fingerprint density at radius 2 is 1.81 bits per heavy atom. The number of benzene rings is 2. The Hall–Kier alpha value is -4.01. The molecule has 0 unspecified atom stereocenters. The molecule has 0 saturated carbocycles. The molecule has 186 valence electrons. The molecule has 1 atom stereocenters. The number of nitrogens with zero attached hydrogens (tertiary/aromatic N) is 4. The monoisotopic (exact) mass is 489 g/mol. The number of anilines is 1. The van der Waals surface area contributed by atoms with Crippen LogP contribution < -0.4 is 5.32 Å². The van der Waals surface area contributed by atoms with Crippen molar-refractivity contribution in [2.75, 3.05) is 25.0 Å². The zero-order chi connectivity index (χ0) is 25.2. The minimum Gasteiger partial charge on any atom is -0.336 e. The predicted octanol–water partition coefficient (Wildman–Crippen LogP) is 3.25. The molecule has 0 spiro atoms. The summed E-state index contributed by atoms with van der Waals surface area (Å²) in [5, 5.41) is 7.45. The Morgan fingerprint density at radius 1 is 1.00 bits per heavy atom. The first-order valence-corrected chi connectivity index (χ1v) is 12.2. The number of para-hydroxylation sites is 1. The lowest BCUT2D eigenvalue weighted by atomic mass is 9.96. The van der Waals surface area contributed by atoms with Gasteiger partial charge in [0.1, 0.15) is 5.82 Å². The minimum absolute atomic E-state index is 0.103. The van der Waals surface area contributed by atoms with Gasteiger partial charge in [0.2, 0.25) is 5.91 Å². The number of fused-ring (bicyclic) bond motifs is 1. The van der Waals surface area contributed by atoms with Crippen LogP contribution in [0.4, 0.5) is 10.1 Å². The van der Waals surface area contributed by atoms with Crippen LogP contribution in [0.5, 0.6) is 0 Å². The Kier molecular flexibility index (Phi) is 6.54. The molecule has 1 fully saturated rings. The fraction of sp³-hybridized carbons (Fsp3) is 0.333. The molecular weight excluding hydrogens is 461 g/mol. The smallest absolute Gasteiger partial charge is 0.274 e. The van der Waals surface area contributed by atoms with E-state index in [0.29, 0.717) is 38.2 Å². The Bertz CT molecular complexity index is 1310. The molecule has 5 rings (SSSR count). The molecule has 1 aromatic heterocycles. The van der Waals surface area contributed by atoms with Crippen molar-refractivity contribution in [3.63, 3.8) is 0 Å². The highest BCUT2D eigenvalue weighted by atomic mass is 19.1. The second-order valence-electron chi connectivity index (χ2n) is 9.33. The van der Waals surface area contributed by atoms with Crippen LogP contribution in [-0.2, 0) is 24.8 Å². The van der Waals surface area contributed by atoms with Gasteiger partial charge in [0.05, 0.1) is 12.5 Å². The van der Waals surface area contributed by atoms with E-state index < -0.39 is 5.82 Å². The zero-order valence-electron chi connectivity index (χ0n) is 20.1. The number of nitrogens with one attached hydrogen (secondary N) is 1. The van der Waals surface area contributed by atoms with E-state index in [1.807, 2.05) is 30.3 Å². The number of amides is 3. The van der Waals surface area contributed by atoms with Gasteiger partial charge in [-0.25, -0.2) is 4.39 Å². The number of carbonyl (C=O) groups is 3. The van der Waals surface area contributed by atoms with Crippen LogP contribution in [0.15, 0.2) is 54.6 Å². The molecule has 36 heavy (non-hydrogen) atoms. The van der Waals surface area contributed by atoms with Gasteiger partial charge in [0.15, 0.2) is 5.69 Å². The largest absolute Gasteiger partial charge is 0.336 e. The second kappa shape index (κ2) is 9.93. The van der Waals surface area contributed by atoms with Gasteiger partial charge >= 0.3 is 0 Å². The highest BCUT2D eigenvalue weighted by molar-refractivity contribution is 5.97.